The smallest absolute Gasteiger partial charge is 0.401 e. The Morgan fingerprint density at radius 2 is 2.05 bits per heavy atom. The lowest BCUT2D eigenvalue weighted by molar-refractivity contribution is -0.146. The van der Waals surface area contributed by atoms with Gasteiger partial charge < -0.3 is 10.5 Å². The van der Waals surface area contributed by atoms with Gasteiger partial charge in [-0.05, 0) is 25.1 Å². The van der Waals surface area contributed by atoms with Gasteiger partial charge in [-0.3, -0.25) is 4.90 Å². The summed E-state index contributed by atoms with van der Waals surface area (Å²) in [5.74, 6) is 0.545. The minimum atomic E-state index is -4.19. The fraction of sp³-hybridized carbons (Fsp3) is 0.500. The van der Waals surface area contributed by atoms with Crippen LogP contribution < -0.4 is 10.5 Å². The van der Waals surface area contributed by atoms with E-state index in [1.807, 2.05) is 6.92 Å². The minimum Gasteiger partial charge on any atom is -0.492 e. The van der Waals surface area contributed by atoms with E-state index in [0.717, 1.165) is 0 Å². The Labute approximate surface area is 127 Å². The Morgan fingerprint density at radius 1 is 1.33 bits per heavy atom. The third-order valence-corrected chi connectivity index (χ3v) is 2.97. The maximum atomic E-state index is 12.4. The van der Waals surface area contributed by atoms with Gasteiger partial charge in [0, 0.05) is 12.1 Å². The molecule has 1 aromatic rings. The molecule has 21 heavy (non-hydrogen) atoms. The predicted octanol–water partition coefficient (Wildman–Crippen LogP) is 2.97. The van der Waals surface area contributed by atoms with Crippen LogP contribution in [0.15, 0.2) is 24.3 Å². The Bertz CT molecular complexity index is 466. The monoisotopic (exact) mass is 320 g/mol. The number of benzene rings is 1. The fourth-order valence-electron chi connectivity index (χ4n) is 1.87. The molecule has 0 unspecified atom stereocenters. The molecule has 1 aromatic carbocycles. The zero-order chi connectivity index (χ0) is 15.9. The Morgan fingerprint density at radius 3 is 2.62 bits per heavy atom. The van der Waals surface area contributed by atoms with Gasteiger partial charge in [-0.1, -0.05) is 31.3 Å². The number of rotatable bonds is 8. The van der Waals surface area contributed by atoms with E-state index in [-0.39, 0.29) is 18.1 Å². The highest BCUT2D eigenvalue weighted by atomic mass is 32.1. The Kier molecular flexibility index (Phi) is 6.91. The van der Waals surface area contributed by atoms with Crippen molar-refractivity contribution in [2.75, 3.05) is 26.2 Å². The molecular formula is C14H19F3N2OS. The minimum absolute atomic E-state index is 0.177. The van der Waals surface area contributed by atoms with E-state index in [2.05, 4.69) is 0 Å². The summed E-state index contributed by atoms with van der Waals surface area (Å²) >= 11 is 4.86. The van der Waals surface area contributed by atoms with Crippen molar-refractivity contribution in [3.8, 4) is 5.75 Å². The zero-order valence-corrected chi connectivity index (χ0v) is 12.6. The second kappa shape index (κ2) is 8.19. The number of halogens is 3. The molecule has 0 aliphatic rings. The van der Waals surface area contributed by atoms with Gasteiger partial charge in [0.1, 0.15) is 17.3 Å². The molecule has 0 bridgehead atoms. The molecule has 0 spiro atoms. The van der Waals surface area contributed by atoms with Gasteiger partial charge >= 0.3 is 6.18 Å². The first-order valence-electron chi connectivity index (χ1n) is 6.63. The Balaban J connectivity index is 2.50. The summed E-state index contributed by atoms with van der Waals surface area (Å²) in [5, 5.41) is 0. The van der Waals surface area contributed by atoms with Crippen LogP contribution in [0.3, 0.4) is 0 Å². The van der Waals surface area contributed by atoms with Gasteiger partial charge in [0.15, 0.2) is 0 Å². The summed E-state index contributed by atoms with van der Waals surface area (Å²) in [5.41, 5.74) is 6.18. The van der Waals surface area contributed by atoms with Crippen molar-refractivity contribution in [1.29, 1.82) is 0 Å². The van der Waals surface area contributed by atoms with Gasteiger partial charge in [0.25, 0.3) is 0 Å². The highest BCUT2D eigenvalue weighted by molar-refractivity contribution is 7.80. The zero-order valence-electron chi connectivity index (χ0n) is 11.8. The summed E-state index contributed by atoms with van der Waals surface area (Å²) < 4.78 is 42.7. The highest BCUT2D eigenvalue weighted by Gasteiger charge is 2.30. The third-order valence-electron chi connectivity index (χ3n) is 2.74. The van der Waals surface area contributed by atoms with Gasteiger partial charge in [0.05, 0.1) is 6.54 Å². The van der Waals surface area contributed by atoms with Crippen LogP contribution in [-0.4, -0.2) is 42.3 Å². The van der Waals surface area contributed by atoms with Gasteiger partial charge in [0.2, 0.25) is 0 Å². The van der Waals surface area contributed by atoms with E-state index < -0.39 is 12.7 Å². The lowest BCUT2D eigenvalue weighted by Crippen LogP contribution is -2.37. The van der Waals surface area contributed by atoms with E-state index in [1.54, 1.807) is 24.3 Å². The van der Waals surface area contributed by atoms with Crippen molar-refractivity contribution < 1.29 is 17.9 Å². The molecule has 0 saturated heterocycles. The SMILES string of the molecule is CCCN(CCOc1cccc(C(N)=S)c1)CC(F)(F)F. The van der Waals surface area contributed by atoms with E-state index >= 15 is 0 Å². The second-order valence-electron chi connectivity index (χ2n) is 4.63. The standard InChI is InChI=1S/C14H19F3N2OS/c1-2-6-19(10-14(15,16)17)7-8-20-12-5-3-4-11(9-12)13(18)21/h3-5,9H,2,6-8,10H2,1H3,(H2,18,21). The van der Waals surface area contributed by atoms with E-state index in [1.165, 1.54) is 4.90 Å². The van der Waals surface area contributed by atoms with Crippen LogP contribution in [0.25, 0.3) is 0 Å². The summed E-state index contributed by atoms with van der Waals surface area (Å²) in [6.07, 6.45) is -3.53. The lowest BCUT2D eigenvalue weighted by atomic mass is 10.2. The molecule has 0 heterocycles. The first-order valence-corrected chi connectivity index (χ1v) is 7.04. The van der Waals surface area contributed by atoms with Crippen LogP contribution in [-0.2, 0) is 0 Å². The molecular weight excluding hydrogens is 301 g/mol. The molecule has 0 radical (unpaired) electrons. The van der Waals surface area contributed by atoms with Crippen LogP contribution >= 0.6 is 12.2 Å². The summed E-state index contributed by atoms with van der Waals surface area (Å²) in [6.45, 7) is 1.70. The van der Waals surface area contributed by atoms with Crippen molar-refractivity contribution in [3.05, 3.63) is 29.8 Å². The van der Waals surface area contributed by atoms with Crippen LogP contribution in [0.2, 0.25) is 0 Å². The number of thiocarbonyl (C=S) groups is 1. The lowest BCUT2D eigenvalue weighted by Gasteiger charge is -2.23. The molecule has 0 amide bonds. The van der Waals surface area contributed by atoms with Crippen molar-refractivity contribution in [3.63, 3.8) is 0 Å². The maximum absolute atomic E-state index is 12.4. The van der Waals surface area contributed by atoms with Gasteiger partial charge in [-0.2, -0.15) is 13.2 Å². The second-order valence-corrected chi connectivity index (χ2v) is 5.07. The molecule has 2 N–H and O–H groups in total. The van der Waals surface area contributed by atoms with Gasteiger partial charge in [-0.25, -0.2) is 0 Å². The average Bonchev–Trinajstić information content (AvgIpc) is 2.37. The van der Waals surface area contributed by atoms with E-state index in [0.29, 0.717) is 24.3 Å². The van der Waals surface area contributed by atoms with E-state index in [4.69, 9.17) is 22.7 Å². The molecule has 0 atom stereocenters. The topological polar surface area (TPSA) is 38.5 Å². The van der Waals surface area contributed by atoms with Crippen LogP contribution in [0, 0.1) is 0 Å². The highest BCUT2D eigenvalue weighted by Crippen LogP contribution is 2.17. The van der Waals surface area contributed by atoms with Crippen molar-refractivity contribution in [2.45, 2.75) is 19.5 Å². The number of hydrogen-bond donors (Lipinski definition) is 1. The van der Waals surface area contributed by atoms with Crippen LogP contribution in [0.4, 0.5) is 13.2 Å². The number of hydrogen-bond acceptors (Lipinski definition) is 3. The third kappa shape index (κ3) is 7.29. The normalized spacial score (nSPS) is 11.7. The predicted molar refractivity (Wildman–Crippen MR) is 80.6 cm³/mol. The largest absolute Gasteiger partial charge is 0.492 e. The molecule has 1 rings (SSSR count). The summed E-state index contributed by atoms with van der Waals surface area (Å²) in [6, 6.07) is 6.89. The number of ether oxygens (including phenoxy) is 1. The number of alkyl halides is 3. The Hall–Kier alpha value is -1.34. The number of nitrogens with zero attached hydrogens (tertiary/aromatic N) is 1. The first kappa shape index (κ1) is 17.7. The quantitative estimate of drug-likeness (QED) is 0.748. The molecule has 0 aromatic heterocycles. The van der Waals surface area contributed by atoms with Crippen molar-refractivity contribution in [1.82, 2.24) is 4.90 Å². The molecule has 3 nitrogen and oxygen atoms in total. The molecule has 118 valence electrons. The van der Waals surface area contributed by atoms with Crippen LogP contribution in [0.1, 0.15) is 18.9 Å². The van der Waals surface area contributed by atoms with E-state index in [9.17, 15) is 13.2 Å². The average molecular weight is 320 g/mol. The fourth-order valence-corrected chi connectivity index (χ4v) is 2.00. The summed E-state index contributed by atoms with van der Waals surface area (Å²) in [4.78, 5) is 1.59. The van der Waals surface area contributed by atoms with Crippen molar-refractivity contribution in [2.24, 2.45) is 5.73 Å². The maximum Gasteiger partial charge on any atom is 0.401 e. The van der Waals surface area contributed by atoms with Crippen LogP contribution in [0.5, 0.6) is 5.75 Å². The molecule has 7 heteroatoms. The molecule has 0 saturated carbocycles. The molecule has 0 aliphatic carbocycles. The molecule has 0 fully saturated rings. The molecule has 0 aliphatic heterocycles. The van der Waals surface area contributed by atoms with Crippen molar-refractivity contribution >= 4 is 17.2 Å². The van der Waals surface area contributed by atoms with Gasteiger partial charge in [-0.15, -0.1) is 0 Å². The summed E-state index contributed by atoms with van der Waals surface area (Å²) in [7, 11) is 0. The number of nitrogens with two attached hydrogens (primary N) is 1. The first-order chi connectivity index (χ1) is 9.81.